The minimum Gasteiger partial charge on any atom is -0.492 e. The van der Waals surface area contributed by atoms with Gasteiger partial charge in [-0.2, -0.15) is 9.78 Å². The summed E-state index contributed by atoms with van der Waals surface area (Å²) in [5.41, 5.74) is 0.721. The van der Waals surface area contributed by atoms with Crippen LogP contribution in [0.3, 0.4) is 0 Å². The predicted molar refractivity (Wildman–Crippen MR) is 104 cm³/mol. The van der Waals surface area contributed by atoms with Gasteiger partial charge in [0.2, 0.25) is 5.88 Å². The summed E-state index contributed by atoms with van der Waals surface area (Å²) < 4.78 is 8.17. The number of carbonyl (C=O) groups is 1. The van der Waals surface area contributed by atoms with E-state index in [1.165, 1.54) is 29.2 Å². The maximum atomic E-state index is 12.3. The number of hydrogen-bond acceptors (Lipinski definition) is 6. The molecule has 0 bridgehead atoms. The summed E-state index contributed by atoms with van der Waals surface area (Å²) in [6.07, 6.45) is 7.91. The largest absolute Gasteiger partial charge is 0.492 e. The number of aromatic nitrogens is 4. The fraction of sp³-hybridized carbons (Fsp3) is 0.300. The monoisotopic (exact) mass is 395 g/mol. The first-order chi connectivity index (χ1) is 14.1. The van der Waals surface area contributed by atoms with Gasteiger partial charge in [-0.3, -0.25) is 9.59 Å². The van der Waals surface area contributed by atoms with Crippen LogP contribution < -0.4 is 10.7 Å². The van der Waals surface area contributed by atoms with E-state index in [1.807, 2.05) is 0 Å². The Morgan fingerprint density at radius 2 is 1.93 bits per heavy atom. The highest BCUT2D eigenvalue weighted by molar-refractivity contribution is 5.93. The van der Waals surface area contributed by atoms with Crippen LogP contribution in [0.2, 0.25) is 0 Å². The van der Waals surface area contributed by atoms with Crippen LogP contribution in [-0.2, 0) is 4.74 Å². The molecule has 4 rings (SSSR count). The molecule has 0 aliphatic carbocycles. The second kappa shape index (κ2) is 8.27. The average Bonchev–Trinajstić information content (AvgIpc) is 3.15. The predicted octanol–water partition coefficient (Wildman–Crippen LogP) is 1.28. The molecule has 3 aromatic heterocycles. The second-order valence-corrected chi connectivity index (χ2v) is 6.88. The van der Waals surface area contributed by atoms with E-state index in [9.17, 15) is 14.7 Å². The van der Waals surface area contributed by atoms with Crippen molar-refractivity contribution in [2.45, 2.75) is 12.8 Å². The Morgan fingerprint density at radius 1 is 1.17 bits per heavy atom. The molecule has 1 saturated heterocycles. The van der Waals surface area contributed by atoms with E-state index in [-0.39, 0.29) is 17.2 Å². The first-order valence-corrected chi connectivity index (χ1v) is 9.40. The van der Waals surface area contributed by atoms with Crippen LogP contribution in [0, 0.1) is 5.92 Å². The van der Waals surface area contributed by atoms with Gasteiger partial charge in [-0.1, -0.05) is 0 Å². The van der Waals surface area contributed by atoms with Gasteiger partial charge in [0, 0.05) is 50.5 Å². The molecule has 9 heteroatoms. The van der Waals surface area contributed by atoms with Crippen molar-refractivity contribution in [3.05, 3.63) is 64.8 Å². The summed E-state index contributed by atoms with van der Waals surface area (Å²) >= 11 is 0. The molecule has 0 aromatic carbocycles. The number of hydrogen-bond donors (Lipinski definition) is 2. The van der Waals surface area contributed by atoms with Crippen LogP contribution in [0.1, 0.15) is 23.2 Å². The minimum absolute atomic E-state index is 0.125. The zero-order valence-electron chi connectivity index (χ0n) is 15.7. The summed E-state index contributed by atoms with van der Waals surface area (Å²) in [4.78, 5) is 27.8. The van der Waals surface area contributed by atoms with Crippen molar-refractivity contribution < 1.29 is 14.6 Å². The maximum Gasteiger partial charge on any atom is 0.252 e. The summed E-state index contributed by atoms with van der Waals surface area (Å²) in [5, 5.41) is 17.6. The molecule has 1 aliphatic rings. The van der Waals surface area contributed by atoms with E-state index in [4.69, 9.17) is 4.74 Å². The number of nitrogens with one attached hydrogen (secondary N) is 1. The van der Waals surface area contributed by atoms with Crippen LogP contribution in [0.4, 0.5) is 0 Å². The van der Waals surface area contributed by atoms with Crippen molar-refractivity contribution in [1.82, 2.24) is 24.6 Å². The number of pyridine rings is 2. The van der Waals surface area contributed by atoms with Crippen LogP contribution >= 0.6 is 0 Å². The molecule has 0 unspecified atom stereocenters. The number of rotatable bonds is 5. The van der Waals surface area contributed by atoms with E-state index >= 15 is 0 Å². The van der Waals surface area contributed by atoms with Crippen LogP contribution in [0.25, 0.3) is 11.5 Å². The van der Waals surface area contributed by atoms with Crippen molar-refractivity contribution in [1.29, 1.82) is 0 Å². The van der Waals surface area contributed by atoms with Gasteiger partial charge in [-0.15, -0.1) is 0 Å². The third-order valence-corrected chi connectivity index (χ3v) is 4.92. The molecule has 0 radical (unpaired) electrons. The van der Waals surface area contributed by atoms with Crippen LogP contribution in [0.15, 0.2) is 53.8 Å². The number of aromatic hydroxyl groups is 1. The molecule has 3 aromatic rings. The van der Waals surface area contributed by atoms with Gasteiger partial charge in [0.25, 0.3) is 5.91 Å². The molecule has 29 heavy (non-hydrogen) atoms. The Bertz CT molecular complexity index is 1030. The SMILES string of the molecule is O=C(NCC1CCOCC1)c1ccc(-n2ncc(-n3ccc(=O)cc3)c2O)nc1. The van der Waals surface area contributed by atoms with Crippen molar-refractivity contribution in [3.8, 4) is 17.4 Å². The van der Waals surface area contributed by atoms with E-state index < -0.39 is 0 Å². The lowest BCUT2D eigenvalue weighted by Crippen LogP contribution is -2.32. The van der Waals surface area contributed by atoms with Crippen LogP contribution in [-0.4, -0.2) is 50.1 Å². The second-order valence-electron chi connectivity index (χ2n) is 6.88. The smallest absolute Gasteiger partial charge is 0.252 e. The lowest BCUT2D eigenvalue weighted by atomic mass is 10.0. The van der Waals surface area contributed by atoms with Crippen molar-refractivity contribution in [3.63, 3.8) is 0 Å². The van der Waals surface area contributed by atoms with Crippen LogP contribution in [0.5, 0.6) is 5.88 Å². The standard InChI is InChI=1S/C20H21N5O4/c26-16-3-7-24(8-4-16)17-13-23-25(20(17)28)18-2-1-15(12-21-18)19(27)22-11-14-5-9-29-10-6-14/h1-4,7-8,12-14,28H,5-6,9-11H2,(H,22,27). The number of nitrogens with zero attached hydrogens (tertiary/aromatic N) is 4. The Hall–Kier alpha value is -3.46. The third-order valence-electron chi connectivity index (χ3n) is 4.92. The molecular weight excluding hydrogens is 374 g/mol. The van der Waals surface area contributed by atoms with Gasteiger partial charge < -0.3 is 19.7 Å². The number of ether oxygens (including phenoxy) is 1. The molecule has 0 saturated carbocycles. The highest BCUT2D eigenvalue weighted by Gasteiger charge is 2.16. The lowest BCUT2D eigenvalue weighted by molar-refractivity contribution is 0.0642. The topological polar surface area (TPSA) is 111 Å². The van der Waals surface area contributed by atoms with Crippen molar-refractivity contribution in [2.24, 2.45) is 5.92 Å². The molecule has 1 amide bonds. The minimum atomic E-state index is -0.186. The van der Waals surface area contributed by atoms with Gasteiger partial charge in [0.1, 0.15) is 5.69 Å². The Labute approximate surface area is 166 Å². The first kappa shape index (κ1) is 18.9. The molecule has 4 heterocycles. The van der Waals surface area contributed by atoms with Gasteiger partial charge in [-0.25, -0.2) is 4.98 Å². The number of carbonyl (C=O) groups excluding carboxylic acids is 1. The third kappa shape index (κ3) is 4.19. The zero-order chi connectivity index (χ0) is 20.2. The molecule has 0 atom stereocenters. The van der Waals surface area contributed by atoms with E-state index in [1.54, 1.807) is 29.1 Å². The van der Waals surface area contributed by atoms with E-state index in [0.717, 1.165) is 26.1 Å². The van der Waals surface area contributed by atoms with Gasteiger partial charge in [0.05, 0.1) is 11.8 Å². The molecule has 9 nitrogen and oxygen atoms in total. The lowest BCUT2D eigenvalue weighted by Gasteiger charge is -2.22. The average molecular weight is 395 g/mol. The highest BCUT2D eigenvalue weighted by atomic mass is 16.5. The summed E-state index contributed by atoms with van der Waals surface area (Å²) in [6, 6.07) is 6.04. The normalized spacial score (nSPS) is 14.6. The Balaban J connectivity index is 1.45. The van der Waals surface area contributed by atoms with Gasteiger partial charge in [0.15, 0.2) is 11.2 Å². The fourth-order valence-corrected chi connectivity index (χ4v) is 3.19. The molecule has 0 spiro atoms. The zero-order valence-corrected chi connectivity index (χ0v) is 15.7. The molecule has 1 aliphatic heterocycles. The Morgan fingerprint density at radius 3 is 2.62 bits per heavy atom. The number of amides is 1. The Kier molecular flexibility index (Phi) is 5.39. The molecule has 2 N–H and O–H groups in total. The maximum absolute atomic E-state index is 12.3. The van der Waals surface area contributed by atoms with Gasteiger partial charge >= 0.3 is 0 Å². The van der Waals surface area contributed by atoms with E-state index in [0.29, 0.717) is 29.5 Å². The van der Waals surface area contributed by atoms with Gasteiger partial charge in [-0.05, 0) is 30.9 Å². The highest BCUT2D eigenvalue weighted by Crippen LogP contribution is 2.23. The summed E-state index contributed by atoms with van der Waals surface area (Å²) in [6.45, 7) is 2.10. The fourth-order valence-electron chi connectivity index (χ4n) is 3.19. The summed E-state index contributed by atoms with van der Waals surface area (Å²) in [5.74, 6) is 0.496. The first-order valence-electron chi connectivity index (χ1n) is 9.40. The molecule has 1 fully saturated rings. The molecular formula is C20H21N5O4. The summed E-state index contributed by atoms with van der Waals surface area (Å²) in [7, 11) is 0. The van der Waals surface area contributed by atoms with Crippen molar-refractivity contribution >= 4 is 5.91 Å². The van der Waals surface area contributed by atoms with E-state index in [2.05, 4.69) is 15.4 Å². The quantitative estimate of drug-likeness (QED) is 0.673. The molecule has 150 valence electrons. The van der Waals surface area contributed by atoms with Crippen molar-refractivity contribution in [2.75, 3.05) is 19.8 Å².